The first-order valence-electron chi connectivity index (χ1n) is 7.08. The maximum absolute atomic E-state index is 4.46. The van der Waals surface area contributed by atoms with Crippen LogP contribution in [0.25, 0.3) is 0 Å². The van der Waals surface area contributed by atoms with Crippen LogP contribution in [0.4, 0.5) is 0 Å². The summed E-state index contributed by atoms with van der Waals surface area (Å²) < 4.78 is 3.02. The molecule has 1 atom stereocenters. The van der Waals surface area contributed by atoms with E-state index in [1.165, 1.54) is 11.1 Å². The van der Waals surface area contributed by atoms with Gasteiger partial charge in [-0.15, -0.1) is 0 Å². The Bertz CT molecular complexity index is 545. The maximum atomic E-state index is 4.46. The Morgan fingerprint density at radius 3 is 2.55 bits per heavy atom. The first-order valence-corrected chi connectivity index (χ1v) is 7.87. The van der Waals surface area contributed by atoms with E-state index in [4.69, 9.17) is 0 Å². The Labute approximate surface area is 129 Å². The summed E-state index contributed by atoms with van der Waals surface area (Å²) in [4.78, 5) is 0. The quantitative estimate of drug-likeness (QED) is 0.870. The van der Waals surface area contributed by atoms with Crippen LogP contribution < -0.4 is 5.32 Å². The average molecular weight is 336 g/mol. The van der Waals surface area contributed by atoms with Crippen LogP contribution in [0.3, 0.4) is 0 Å². The number of rotatable bonds is 6. The lowest BCUT2D eigenvalue weighted by atomic mass is 9.99. The van der Waals surface area contributed by atoms with Crippen molar-refractivity contribution in [2.45, 2.75) is 32.7 Å². The highest BCUT2D eigenvalue weighted by atomic mass is 79.9. The molecule has 2 rings (SSSR count). The van der Waals surface area contributed by atoms with Gasteiger partial charge in [-0.05, 0) is 44.0 Å². The Morgan fingerprint density at radius 1 is 1.30 bits per heavy atom. The van der Waals surface area contributed by atoms with Crippen molar-refractivity contribution in [1.29, 1.82) is 0 Å². The van der Waals surface area contributed by atoms with Crippen LogP contribution in [0, 0.1) is 6.92 Å². The molecule has 0 aliphatic carbocycles. The minimum Gasteiger partial charge on any atom is -0.310 e. The van der Waals surface area contributed by atoms with Crippen LogP contribution in [-0.4, -0.2) is 16.3 Å². The molecule has 3 nitrogen and oxygen atoms in total. The van der Waals surface area contributed by atoms with E-state index < -0.39 is 0 Å². The molecule has 20 heavy (non-hydrogen) atoms. The number of benzene rings is 1. The van der Waals surface area contributed by atoms with Gasteiger partial charge in [-0.2, -0.15) is 5.10 Å². The van der Waals surface area contributed by atoms with Crippen LogP contribution in [0.5, 0.6) is 0 Å². The molecule has 1 unspecified atom stereocenters. The minimum absolute atomic E-state index is 0.324. The highest BCUT2D eigenvalue weighted by molar-refractivity contribution is 9.10. The molecular formula is C16H22BrN3. The molecular weight excluding hydrogens is 314 g/mol. The fourth-order valence-electron chi connectivity index (χ4n) is 2.43. The van der Waals surface area contributed by atoms with Gasteiger partial charge in [-0.1, -0.05) is 35.0 Å². The first kappa shape index (κ1) is 15.3. The number of hydrogen-bond donors (Lipinski definition) is 1. The minimum atomic E-state index is 0.324. The summed E-state index contributed by atoms with van der Waals surface area (Å²) >= 11 is 3.48. The zero-order valence-electron chi connectivity index (χ0n) is 12.4. The van der Waals surface area contributed by atoms with Gasteiger partial charge < -0.3 is 5.32 Å². The van der Waals surface area contributed by atoms with Gasteiger partial charge in [0, 0.05) is 29.3 Å². The third kappa shape index (κ3) is 3.93. The van der Waals surface area contributed by atoms with E-state index in [0.717, 1.165) is 29.6 Å². The SMILES string of the molecule is CCCNC(Cc1ccc(Br)cc1)c1cn(C)nc1C. The van der Waals surface area contributed by atoms with Crippen LogP contribution in [0.1, 0.15) is 36.2 Å². The highest BCUT2D eigenvalue weighted by Crippen LogP contribution is 2.22. The summed E-state index contributed by atoms with van der Waals surface area (Å²) in [6.45, 7) is 5.30. The van der Waals surface area contributed by atoms with E-state index >= 15 is 0 Å². The van der Waals surface area contributed by atoms with Crippen molar-refractivity contribution in [3.63, 3.8) is 0 Å². The van der Waals surface area contributed by atoms with E-state index in [0.29, 0.717) is 6.04 Å². The molecule has 0 spiro atoms. The molecule has 1 heterocycles. The zero-order chi connectivity index (χ0) is 14.5. The molecule has 108 valence electrons. The van der Waals surface area contributed by atoms with Gasteiger partial charge in [-0.3, -0.25) is 4.68 Å². The number of aryl methyl sites for hydroxylation is 2. The van der Waals surface area contributed by atoms with E-state index in [9.17, 15) is 0 Å². The molecule has 1 aromatic carbocycles. The average Bonchev–Trinajstić information content (AvgIpc) is 2.76. The topological polar surface area (TPSA) is 29.9 Å². The Kier molecular flexibility index (Phi) is 5.38. The van der Waals surface area contributed by atoms with E-state index in [1.807, 2.05) is 11.7 Å². The van der Waals surface area contributed by atoms with Crippen LogP contribution in [-0.2, 0) is 13.5 Å². The van der Waals surface area contributed by atoms with Gasteiger partial charge in [0.2, 0.25) is 0 Å². The first-order chi connectivity index (χ1) is 9.60. The molecule has 0 saturated carbocycles. The molecule has 1 N–H and O–H groups in total. The van der Waals surface area contributed by atoms with Gasteiger partial charge in [-0.25, -0.2) is 0 Å². The van der Waals surface area contributed by atoms with Crippen molar-refractivity contribution < 1.29 is 0 Å². The molecule has 0 fully saturated rings. The van der Waals surface area contributed by atoms with E-state index in [-0.39, 0.29) is 0 Å². The van der Waals surface area contributed by atoms with Gasteiger partial charge >= 0.3 is 0 Å². The predicted molar refractivity (Wildman–Crippen MR) is 86.8 cm³/mol. The number of hydrogen-bond acceptors (Lipinski definition) is 2. The zero-order valence-corrected chi connectivity index (χ0v) is 13.9. The van der Waals surface area contributed by atoms with Crippen molar-refractivity contribution in [2.24, 2.45) is 7.05 Å². The number of aromatic nitrogens is 2. The maximum Gasteiger partial charge on any atom is 0.0641 e. The monoisotopic (exact) mass is 335 g/mol. The van der Waals surface area contributed by atoms with Crippen LogP contribution >= 0.6 is 15.9 Å². The largest absolute Gasteiger partial charge is 0.310 e. The summed E-state index contributed by atoms with van der Waals surface area (Å²) in [7, 11) is 1.98. The van der Waals surface area contributed by atoms with E-state index in [2.05, 4.69) is 70.7 Å². The second-order valence-corrected chi connectivity index (χ2v) is 6.10. The molecule has 0 aliphatic rings. The molecule has 0 aliphatic heterocycles. The van der Waals surface area contributed by atoms with Gasteiger partial charge in [0.05, 0.1) is 5.69 Å². The lowest BCUT2D eigenvalue weighted by Gasteiger charge is -2.18. The van der Waals surface area contributed by atoms with E-state index in [1.54, 1.807) is 0 Å². The van der Waals surface area contributed by atoms with Crippen molar-refractivity contribution in [3.05, 3.63) is 51.8 Å². The number of nitrogens with zero attached hydrogens (tertiary/aromatic N) is 2. The standard InChI is InChI=1S/C16H22BrN3/c1-4-9-18-16(15-11-20(3)19-12(15)2)10-13-5-7-14(17)8-6-13/h5-8,11,16,18H,4,9-10H2,1-3H3. The molecule has 1 aromatic heterocycles. The Morgan fingerprint density at radius 2 is 2.00 bits per heavy atom. The van der Waals surface area contributed by atoms with Crippen LogP contribution in [0.15, 0.2) is 34.9 Å². The van der Waals surface area contributed by atoms with Crippen molar-refractivity contribution in [2.75, 3.05) is 6.54 Å². The Balaban J connectivity index is 2.19. The van der Waals surface area contributed by atoms with Crippen LogP contribution in [0.2, 0.25) is 0 Å². The lowest BCUT2D eigenvalue weighted by molar-refractivity contribution is 0.527. The van der Waals surface area contributed by atoms with Crippen molar-refractivity contribution >= 4 is 15.9 Å². The molecule has 0 bridgehead atoms. The lowest BCUT2D eigenvalue weighted by Crippen LogP contribution is -2.24. The predicted octanol–water partition coefficient (Wildman–Crippen LogP) is 3.77. The van der Waals surface area contributed by atoms with Gasteiger partial charge in [0.15, 0.2) is 0 Å². The molecule has 0 amide bonds. The summed E-state index contributed by atoms with van der Waals surface area (Å²) in [5.41, 5.74) is 3.74. The number of nitrogens with one attached hydrogen (secondary N) is 1. The summed E-state index contributed by atoms with van der Waals surface area (Å²) in [5.74, 6) is 0. The van der Waals surface area contributed by atoms with Gasteiger partial charge in [0.25, 0.3) is 0 Å². The highest BCUT2D eigenvalue weighted by Gasteiger charge is 2.16. The summed E-state index contributed by atoms with van der Waals surface area (Å²) in [6, 6.07) is 8.88. The molecule has 0 saturated heterocycles. The summed E-state index contributed by atoms with van der Waals surface area (Å²) in [5, 5.41) is 8.10. The van der Waals surface area contributed by atoms with Crippen molar-refractivity contribution in [1.82, 2.24) is 15.1 Å². The molecule has 0 radical (unpaired) electrons. The normalized spacial score (nSPS) is 12.6. The van der Waals surface area contributed by atoms with Gasteiger partial charge in [0.1, 0.15) is 0 Å². The third-order valence-electron chi connectivity index (χ3n) is 3.42. The number of halogens is 1. The van der Waals surface area contributed by atoms with Crippen molar-refractivity contribution in [3.8, 4) is 0 Å². The summed E-state index contributed by atoms with van der Waals surface area (Å²) in [6.07, 6.45) is 4.25. The molecule has 2 aromatic rings. The fraction of sp³-hybridized carbons (Fsp3) is 0.438. The fourth-order valence-corrected chi connectivity index (χ4v) is 2.69. The second kappa shape index (κ2) is 7.04. The Hall–Kier alpha value is -1.13. The smallest absolute Gasteiger partial charge is 0.0641 e. The third-order valence-corrected chi connectivity index (χ3v) is 3.95. The molecule has 4 heteroatoms. The second-order valence-electron chi connectivity index (χ2n) is 5.18.